The maximum Gasteiger partial charge on any atom is 0.0563 e. The Morgan fingerprint density at radius 2 is 1.79 bits per heavy atom. The number of nitrogens with one attached hydrogen (secondary N) is 2. The molecule has 5 rings (SSSR count). The Bertz CT molecular complexity index is 1250. The summed E-state index contributed by atoms with van der Waals surface area (Å²) in [6, 6.07) is 15.1. The van der Waals surface area contributed by atoms with Gasteiger partial charge in [-0.1, -0.05) is 29.9 Å². The topological polar surface area (TPSA) is 51.8 Å². The van der Waals surface area contributed by atoms with Gasteiger partial charge in [0.15, 0.2) is 0 Å². The van der Waals surface area contributed by atoms with E-state index in [1.807, 2.05) is 12.4 Å². The highest BCUT2D eigenvalue weighted by molar-refractivity contribution is 5.84. The second kappa shape index (κ2) is 6.78. The molecule has 0 saturated carbocycles. The average molecular weight is 383 g/mol. The number of fused-ring (bicyclic) bond motifs is 3. The molecule has 0 bridgehead atoms. The molecule has 2 aromatic carbocycles. The summed E-state index contributed by atoms with van der Waals surface area (Å²) in [4.78, 5) is 6.58. The molecule has 3 N–H and O–H groups in total. The third-order valence-electron chi connectivity index (χ3n) is 6.23. The van der Waals surface area contributed by atoms with Crippen molar-refractivity contribution >= 4 is 27.9 Å². The largest absolute Gasteiger partial charge is 0.395 e. The van der Waals surface area contributed by atoms with Crippen LogP contribution >= 0.6 is 0 Å². The van der Waals surface area contributed by atoms with Crippen molar-refractivity contribution in [1.82, 2.24) is 9.97 Å². The SMILES string of the molecule is CC(C)=C[C@@H]1C[C@](/C=C/c2ccc3[nH]ccc3c2)(CO)c2cc3cc[nH]c3cc21. The van der Waals surface area contributed by atoms with Gasteiger partial charge in [-0.05, 0) is 84.1 Å². The fraction of sp³-hybridized carbons (Fsp3) is 0.231. The number of allylic oxidation sites excluding steroid dienone is 2. The molecule has 2 heterocycles. The fourth-order valence-electron chi connectivity index (χ4n) is 4.81. The Balaban J connectivity index is 1.62. The van der Waals surface area contributed by atoms with Crippen molar-refractivity contribution < 1.29 is 5.11 Å². The van der Waals surface area contributed by atoms with Crippen molar-refractivity contribution in [3.63, 3.8) is 0 Å². The van der Waals surface area contributed by atoms with E-state index in [0.29, 0.717) is 5.92 Å². The van der Waals surface area contributed by atoms with Crippen molar-refractivity contribution in [1.29, 1.82) is 0 Å². The van der Waals surface area contributed by atoms with E-state index >= 15 is 0 Å². The Labute approximate surface area is 170 Å². The van der Waals surface area contributed by atoms with E-state index in [2.05, 4.69) is 84.5 Å². The van der Waals surface area contributed by atoms with Crippen LogP contribution in [0.3, 0.4) is 0 Å². The molecule has 1 aliphatic carbocycles. The lowest BCUT2D eigenvalue weighted by Crippen LogP contribution is -2.25. The van der Waals surface area contributed by atoms with E-state index in [0.717, 1.165) is 23.0 Å². The molecule has 2 atom stereocenters. The lowest BCUT2D eigenvalue weighted by atomic mass is 9.81. The van der Waals surface area contributed by atoms with Crippen molar-refractivity contribution in [2.75, 3.05) is 6.61 Å². The van der Waals surface area contributed by atoms with E-state index in [1.165, 1.54) is 27.5 Å². The highest BCUT2D eigenvalue weighted by Crippen LogP contribution is 2.49. The molecule has 3 heteroatoms. The summed E-state index contributed by atoms with van der Waals surface area (Å²) in [7, 11) is 0. The zero-order chi connectivity index (χ0) is 20.0. The summed E-state index contributed by atoms with van der Waals surface area (Å²) in [5, 5.41) is 13.0. The highest BCUT2D eigenvalue weighted by atomic mass is 16.3. The number of hydrogen-bond donors (Lipinski definition) is 3. The number of aromatic amines is 2. The molecular formula is C26H26N2O. The third-order valence-corrected chi connectivity index (χ3v) is 6.23. The van der Waals surface area contributed by atoms with Crippen LogP contribution in [0, 0.1) is 0 Å². The highest BCUT2D eigenvalue weighted by Gasteiger charge is 2.41. The van der Waals surface area contributed by atoms with Gasteiger partial charge >= 0.3 is 0 Å². The van der Waals surface area contributed by atoms with Gasteiger partial charge < -0.3 is 15.1 Å². The molecule has 0 unspecified atom stereocenters. The minimum atomic E-state index is -0.371. The first-order valence-electron chi connectivity index (χ1n) is 10.2. The first kappa shape index (κ1) is 18.0. The van der Waals surface area contributed by atoms with Gasteiger partial charge in [-0.25, -0.2) is 0 Å². The van der Waals surface area contributed by atoms with E-state index in [1.54, 1.807) is 0 Å². The third kappa shape index (κ3) is 3.02. The van der Waals surface area contributed by atoms with Crippen LogP contribution in [0.5, 0.6) is 0 Å². The molecular weight excluding hydrogens is 356 g/mol. The standard InChI is InChI=1S/C26H26N2O/c1-17(2)11-21-15-26(16-29,23-13-20-7-10-28-25(20)14-22(21)23)8-5-18-3-4-24-19(12-18)6-9-27-24/h3-14,21,27-29H,15-16H2,1-2H3/b8-5+/t21-,26-/m1/s1. The molecule has 0 saturated heterocycles. The van der Waals surface area contributed by atoms with Gasteiger partial charge in [0.05, 0.1) is 6.61 Å². The van der Waals surface area contributed by atoms with Gasteiger partial charge in [0.2, 0.25) is 0 Å². The van der Waals surface area contributed by atoms with E-state index in [9.17, 15) is 5.11 Å². The lowest BCUT2D eigenvalue weighted by molar-refractivity contribution is 0.223. The minimum Gasteiger partial charge on any atom is -0.395 e. The van der Waals surface area contributed by atoms with Crippen molar-refractivity contribution in [3.8, 4) is 0 Å². The minimum absolute atomic E-state index is 0.103. The number of aliphatic hydroxyl groups excluding tert-OH is 1. The zero-order valence-electron chi connectivity index (χ0n) is 16.9. The number of aliphatic hydroxyl groups is 1. The molecule has 0 spiro atoms. The van der Waals surface area contributed by atoms with Crippen molar-refractivity contribution in [2.24, 2.45) is 0 Å². The monoisotopic (exact) mass is 382 g/mol. The second-order valence-corrected chi connectivity index (χ2v) is 8.53. The molecule has 2 aromatic heterocycles. The normalized spacial score (nSPS) is 21.3. The molecule has 0 amide bonds. The van der Waals surface area contributed by atoms with Crippen LogP contribution in [0.1, 0.15) is 42.9 Å². The molecule has 1 aliphatic rings. The summed E-state index contributed by atoms with van der Waals surface area (Å²) in [5.41, 5.74) is 6.96. The van der Waals surface area contributed by atoms with Gasteiger partial charge in [0.1, 0.15) is 0 Å². The van der Waals surface area contributed by atoms with Gasteiger partial charge in [0.25, 0.3) is 0 Å². The lowest BCUT2D eigenvalue weighted by Gasteiger charge is -2.25. The van der Waals surface area contributed by atoms with Crippen molar-refractivity contribution in [2.45, 2.75) is 31.6 Å². The Kier molecular flexibility index (Phi) is 4.21. The number of H-pyrrole nitrogens is 2. The quantitative estimate of drug-likeness (QED) is 0.370. The van der Waals surface area contributed by atoms with Gasteiger partial charge in [-0.3, -0.25) is 0 Å². The smallest absolute Gasteiger partial charge is 0.0563 e. The average Bonchev–Trinajstić information content (AvgIpc) is 3.42. The number of rotatable bonds is 4. The van der Waals surface area contributed by atoms with Crippen LogP contribution in [0.25, 0.3) is 27.9 Å². The molecule has 0 radical (unpaired) electrons. The number of benzene rings is 2. The molecule has 4 aromatic rings. The Hall–Kier alpha value is -3.04. The van der Waals surface area contributed by atoms with Gasteiger partial charge in [-0.2, -0.15) is 0 Å². The predicted octanol–water partition coefficient (Wildman–Crippen LogP) is 6.05. The van der Waals surface area contributed by atoms with Gasteiger partial charge in [-0.15, -0.1) is 0 Å². The zero-order valence-corrected chi connectivity index (χ0v) is 16.9. The van der Waals surface area contributed by atoms with Crippen LogP contribution < -0.4 is 0 Å². The van der Waals surface area contributed by atoms with Crippen LogP contribution in [-0.4, -0.2) is 21.7 Å². The second-order valence-electron chi connectivity index (χ2n) is 8.53. The van der Waals surface area contributed by atoms with Crippen LogP contribution in [0.4, 0.5) is 0 Å². The van der Waals surface area contributed by atoms with Crippen molar-refractivity contribution in [3.05, 3.63) is 89.3 Å². The van der Waals surface area contributed by atoms with Crippen LogP contribution in [0.2, 0.25) is 0 Å². The van der Waals surface area contributed by atoms with Crippen LogP contribution in [0.15, 0.2) is 72.6 Å². The van der Waals surface area contributed by atoms with E-state index in [-0.39, 0.29) is 12.0 Å². The summed E-state index contributed by atoms with van der Waals surface area (Å²) >= 11 is 0. The number of hydrogen-bond acceptors (Lipinski definition) is 1. The first-order chi connectivity index (χ1) is 14.1. The van der Waals surface area contributed by atoms with E-state index < -0.39 is 0 Å². The molecule has 29 heavy (non-hydrogen) atoms. The summed E-state index contributed by atoms with van der Waals surface area (Å²) in [5.74, 6) is 0.312. The first-order valence-corrected chi connectivity index (χ1v) is 10.2. The van der Waals surface area contributed by atoms with Gasteiger partial charge in [0, 0.05) is 34.8 Å². The predicted molar refractivity (Wildman–Crippen MR) is 121 cm³/mol. The summed E-state index contributed by atoms with van der Waals surface area (Å²) < 4.78 is 0. The Morgan fingerprint density at radius 1 is 1.03 bits per heavy atom. The van der Waals surface area contributed by atoms with Crippen LogP contribution in [-0.2, 0) is 5.41 Å². The molecule has 3 nitrogen and oxygen atoms in total. The fourth-order valence-corrected chi connectivity index (χ4v) is 4.81. The maximum atomic E-state index is 10.6. The summed E-state index contributed by atoms with van der Waals surface area (Å²) in [6.07, 6.45) is 11.6. The van der Waals surface area contributed by atoms with E-state index in [4.69, 9.17) is 0 Å². The molecule has 0 fully saturated rings. The Morgan fingerprint density at radius 3 is 2.55 bits per heavy atom. The molecule has 0 aliphatic heterocycles. The summed E-state index contributed by atoms with van der Waals surface area (Å²) in [6.45, 7) is 4.40. The maximum absolute atomic E-state index is 10.6. The number of aromatic nitrogens is 2. The molecule has 146 valence electrons.